The summed E-state index contributed by atoms with van der Waals surface area (Å²) in [5.41, 5.74) is 2.94. The highest BCUT2D eigenvalue weighted by molar-refractivity contribution is 4.82. The highest BCUT2D eigenvalue weighted by Gasteiger charge is 2.27. The molecule has 1 heterocycles. The van der Waals surface area contributed by atoms with Gasteiger partial charge in [-0.3, -0.25) is 11.3 Å². The summed E-state index contributed by atoms with van der Waals surface area (Å²) in [5.74, 6) is 6.41. The van der Waals surface area contributed by atoms with E-state index < -0.39 is 0 Å². The first-order valence-corrected chi connectivity index (χ1v) is 6.47. The van der Waals surface area contributed by atoms with Gasteiger partial charge in [-0.2, -0.15) is 0 Å². The summed E-state index contributed by atoms with van der Waals surface area (Å²) in [5, 5.41) is 0. The molecular formula is C12H27N3O. The average Bonchev–Trinajstić information content (AvgIpc) is 2.31. The van der Waals surface area contributed by atoms with Gasteiger partial charge in [-0.05, 0) is 19.4 Å². The normalized spacial score (nSPS) is 24.9. The highest BCUT2D eigenvalue weighted by Crippen LogP contribution is 2.19. The number of rotatable bonds is 6. The Hall–Kier alpha value is -0.160. The van der Waals surface area contributed by atoms with Crippen LogP contribution in [0.5, 0.6) is 0 Å². The summed E-state index contributed by atoms with van der Waals surface area (Å²) in [6.45, 7) is 7.32. The SMILES string of the molecule is CCC(CC)CC(NN)C1CN(C)CCO1. The third kappa shape index (κ3) is 4.01. The van der Waals surface area contributed by atoms with Crippen LogP contribution < -0.4 is 11.3 Å². The van der Waals surface area contributed by atoms with Gasteiger partial charge < -0.3 is 9.64 Å². The zero-order valence-electron chi connectivity index (χ0n) is 10.9. The third-order valence-corrected chi connectivity index (χ3v) is 3.70. The van der Waals surface area contributed by atoms with E-state index in [1.807, 2.05) is 0 Å². The number of ether oxygens (including phenoxy) is 1. The Kier molecular flexibility index (Phi) is 6.28. The average molecular weight is 229 g/mol. The minimum absolute atomic E-state index is 0.240. The van der Waals surface area contributed by atoms with Crippen molar-refractivity contribution in [1.29, 1.82) is 0 Å². The standard InChI is InChI=1S/C12H27N3O/c1-4-10(5-2)8-11(14-13)12-9-15(3)6-7-16-12/h10-12,14H,4-9,13H2,1-3H3. The first-order valence-electron chi connectivity index (χ1n) is 6.47. The molecular weight excluding hydrogens is 202 g/mol. The second-order valence-corrected chi connectivity index (χ2v) is 4.86. The van der Waals surface area contributed by atoms with E-state index in [9.17, 15) is 0 Å². The van der Waals surface area contributed by atoms with Gasteiger partial charge in [-0.15, -0.1) is 0 Å². The van der Waals surface area contributed by atoms with Gasteiger partial charge in [-0.25, -0.2) is 0 Å². The van der Waals surface area contributed by atoms with Gasteiger partial charge in [0, 0.05) is 19.1 Å². The number of morpholine rings is 1. The molecule has 0 saturated carbocycles. The second kappa shape index (κ2) is 7.22. The molecule has 96 valence electrons. The van der Waals surface area contributed by atoms with Crippen LogP contribution in [0.15, 0.2) is 0 Å². The van der Waals surface area contributed by atoms with Crippen molar-refractivity contribution in [3.8, 4) is 0 Å². The second-order valence-electron chi connectivity index (χ2n) is 4.86. The van der Waals surface area contributed by atoms with Crippen LogP contribution in [0.25, 0.3) is 0 Å². The molecule has 1 aliphatic rings. The van der Waals surface area contributed by atoms with Crippen LogP contribution in [-0.2, 0) is 4.74 Å². The molecule has 0 bridgehead atoms. The molecule has 1 fully saturated rings. The van der Waals surface area contributed by atoms with E-state index in [2.05, 4.69) is 31.2 Å². The van der Waals surface area contributed by atoms with E-state index in [0.717, 1.165) is 32.0 Å². The Balaban J connectivity index is 2.45. The van der Waals surface area contributed by atoms with E-state index in [4.69, 9.17) is 10.6 Å². The summed E-state index contributed by atoms with van der Waals surface area (Å²) in [6, 6.07) is 0.285. The molecule has 0 spiro atoms. The van der Waals surface area contributed by atoms with E-state index in [1.165, 1.54) is 12.8 Å². The maximum atomic E-state index is 5.81. The van der Waals surface area contributed by atoms with Gasteiger partial charge in [0.2, 0.25) is 0 Å². The lowest BCUT2D eigenvalue weighted by atomic mass is 9.92. The zero-order valence-corrected chi connectivity index (χ0v) is 10.9. The van der Waals surface area contributed by atoms with Gasteiger partial charge in [0.25, 0.3) is 0 Å². The molecule has 1 rings (SSSR count). The van der Waals surface area contributed by atoms with Crippen LogP contribution in [-0.4, -0.2) is 43.8 Å². The molecule has 2 atom stereocenters. The molecule has 0 aromatic heterocycles. The van der Waals surface area contributed by atoms with Crippen molar-refractivity contribution in [3.63, 3.8) is 0 Å². The lowest BCUT2D eigenvalue weighted by Gasteiger charge is -2.36. The van der Waals surface area contributed by atoms with Crippen LogP contribution in [0.2, 0.25) is 0 Å². The van der Waals surface area contributed by atoms with E-state index in [-0.39, 0.29) is 12.1 Å². The molecule has 4 nitrogen and oxygen atoms in total. The van der Waals surface area contributed by atoms with Crippen molar-refractivity contribution in [2.45, 2.75) is 45.3 Å². The van der Waals surface area contributed by atoms with Crippen LogP contribution in [0.3, 0.4) is 0 Å². The van der Waals surface area contributed by atoms with Gasteiger partial charge in [0.05, 0.1) is 12.7 Å². The molecule has 0 amide bonds. The smallest absolute Gasteiger partial charge is 0.0868 e. The fourth-order valence-electron chi connectivity index (χ4n) is 2.36. The number of nitrogens with one attached hydrogen (secondary N) is 1. The van der Waals surface area contributed by atoms with Crippen LogP contribution in [0.4, 0.5) is 0 Å². The van der Waals surface area contributed by atoms with E-state index in [1.54, 1.807) is 0 Å². The predicted molar refractivity (Wildman–Crippen MR) is 67.0 cm³/mol. The van der Waals surface area contributed by atoms with E-state index >= 15 is 0 Å². The highest BCUT2D eigenvalue weighted by atomic mass is 16.5. The topological polar surface area (TPSA) is 50.5 Å². The summed E-state index contributed by atoms with van der Waals surface area (Å²) >= 11 is 0. The van der Waals surface area contributed by atoms with Crippen LogP contribution in [0.1, 0.15) is 33.1 Å². The summed E-state index contributed by atoms with van der Waals surface area (Å²) in [6.07, 6.45) is 3.79. The van der Waals surface area contributed by atoms with Gasteiger partial charge in [0.1, 0.15) is 0 Å². The predicted octanol–water partition coefficient (Wildman–Crippen LogP) is 0.975. The van der Waals surface area contributed by atoms with Gasteiger partial charge in [-0.1, -0.05) is 26.7 Å². The van der Waals surface area contributed by atoms with Crippen molar-refractivity contribution < 1.29 is 4.74 Å². The van der Waals surface area contributed by atoms with Crippen LogP contribution >= 0.6 is 0 Å². The molecule has 0 aromatic carbocycles. The lowest BCUT2D eigenvalue weighted by molar-refractivity contribution is -0.0426. The zero-order chi connectivity index (χ0) is 12.0. The van der Waals surface area contributed by atoms with Crippen molar-refractivity contribution >= 4 is 0 Å². The Bertz CT molecular complexity index is 185. The molecule has 16 heavy (non-hydrogen) atoms. The largest absolute Gasteiger partial charge is 0.374 e. The molecule has 0 aliphatic carbocycles. The fraction of sp³-hybridized carbons (Fsp3) is 1.00. The quantitative estimate of drug-likeness (QED) is 0.526. The monoisotopic (exact) mass is 229 g/mol. The first kappa shape index (κ1) is 13.9. The number of hydrogen-bond acceptors (Lipinski definition) is 4. The maximum absolute atomic E-state index is 5.81. The number of hydrogen-bond donors (Lipinski definition) is 2. The molecule has 3 N–H and O–H groups in total. The van der Waals surface area contributed by atoms with Gasteiger partial charge >= 0.3 is 0 Å². The van der Waals surface area contributed by atoms with Crippen molar-refractivity contribution in [1.82, 2.24) is 10.3 Å². The fourth-order valence-corrected chi connectivity index (χ4v) is 2.36. The first-order chi connectivity index (χ1) is 7.71. The third-order valence-electron chi connectivity index (χ3n) is 3.70. The molecule has 1 aliphatic heterocycles. The maximum Gasteiger partial charge on any atom is 0.0868 e. The van der Waals surface area contributed by atoms with E-state index in [0.29, 0.717) is 0 Å². The summed E-state index contributed by atoms with van der Waals surface area (Å²) < 4.78 is 5.81. The molecule has 0 radical (unpaired) electrons. The van der Waals surface area contributed by atoms with Crippen molar-refractivity contribution in [2.24, 2.45) is 11.8 Å². The minimum Gasteiger partial charge on any atom is -0.374 e. The lowest BCUT2D eigenvalue weighted by Crippen LogP contribution is -2.53. The molecule has 1 saturated heterocycles. The summed E-state index contributed by atoms with van der Waals surface area (Å²) in [4.78, 5) is 2.31. The Labute approximate surface area is 99.5 Å². The van der Waals surface area contributed by atoms with Crippen molar-refractivity contribution in [2.75, 3.05) is 26.7 Å². The van der Waals surface area contributed by atoms with Crippen LogP contribution in [0, 0.1) is 5.92 Å². The molecule has 4 heteroatoms. The van der Waals surface area contributed by atoms with Crippen molar-refractivity contribution in [3.05, 3.63) is 0 Å². The molecule has 0 aromatic rings. The van der Waals surface area contributed by atoms with Gasteiger partial charge in [0.15, 0.2) is 0 Å². The molecule has 2 unspecified atom stereocenters. The number of hydrazine groups is 1. The Morgan fingerprint density at radius 1 is 1.44 bits per heavy atom. The number of nitrogens with zero attached hydrogens (tertiary/aromatic N) is 1. The number of likely N-dealkylation sites (N-methyl/N-ethyl adjacent to an activating group) is 1. The number of nitrogens with two attached hydrogens (primary N) is 1. The minimum atomic E-state index is 0.240. The Morgan fingerprint density at radius 2 is 2.12 bits per heavy atom. The Morgan fingerprint density at radius 3 is 2.62 bits per heavy atom. The summed E-state index contributed by atoms with van der Waals surface area (Å²) in [7, 11) is 2.14.